The third-order valence-corrected chi connectivity index (χ3v) is 2.51. The number of halogens is 1. The zero-order valence-electron chi connectivity index (χ0n) is 12.1. The fourth-order valence-corrected chi connectivity index (χ4v) is 1.74. The van der Waals surface area contributed by atoms with E-state index in [-0.39, 0.29) is 0 Å². The van der Waals surface area contributed by atoms with Crippen molar-refractivity contribution < 1.29 is 4.58 Å². The van der Waals surface area contributed by atoms with Gasteiger partial charge in [0.2, 0.25) is 0 Å². The van der Waals surface area contributed by atoms with E-state index in [1.165, 1.54) is 0 Å². The molecular weight excluding hydrogens is 260 g/mol. The normalized spacial score (nSPS) is 16.2. The zero-order chi connectivity index (χ0) is 14.6. The largest absolute Gasteiger partial charge is 0.383 e. The number of allylic oxidation sites excluding steroid dienone is 2. The van der Waals surface area contributed by atoms with Crippen molar-refractivity contribution in [3.63, 3.8) is 0 Å². The Balaban J connectivity index is 3.08. The van der Waals surface area contributed by atoms with E-state index in [0.717, 1.165) is 11.3 Å². The standard InChI is InChI=1S/C14H20ClN4/c1-10-7-13(11(2)16-10)17-14(15)12(8-18(3)4)9-19(5)6/h7-9H,2H2,1,3-6H3/q+1. The van der Waals surface area contributed by atoms with Gasteiger partial charge in [0.25, 0.3) is 0 Å². The average Bonchev–Trinajstić information content (AvgIpc) is 2.55. The molecule has 0 fully saturated rings. The van der Waals surface area contributed by atoms with E-state index in [1.54, 1.807) is 0 Å². The van der Waals surface area contributed by atoms with Crippen LogP contribution in [0.25, 0.3) is 0 Å². The lowest BCUT2D eigenvalue weighted by atomic mass is 10.3. The van der Waals surface area contributed by atoms with E-state index in [9.17, 15) is 0 Å². The molecule has 0 atom stereocenters. The van der Waals surface area contributed by atoms with Crippen LogP contribution in [0.4, 0.5) is 0 Å². The quantitative estimate of drug-likeness (QED) is 0.574. The molecule has 0 aliphatic carbocycles. The molecule has 0 radical (unpaired) electrons. The second-order valence-corrected chi connectivity index (χ2v) is 5.13. The van der Waals surface area contributed by atoms with Gasteiger partial charge in [-0.2, -0.15) is 0 Å². The number of rotatable bonds is 4. The summed E-state index contributed by atoms with van der Waals surface area (Å²) in [6.45, 7) is 5.76. The highest BCUT2D eigenvalue weighted by molar-refractivity contribution is 6.71. The van der Waals surface area contributed by atoms with Gasteiger partial charge < -0.3 is 4.90 Å². The summed E-state index contributed by atoms with van der Waals surface area (Å²) in [6.07, 6.45) is 5.70. The Morgan fingerprint density at radius 1 is 1.47 bits per heavy atom. The van der Waals surface area contributed by atoms with Crippen molar-refractivity contribution in [3.05, 3.63) is 35.8 Å². The van der Waals surface area contributed by atoms with Crippen LogP contribution in [0.5, 0.6) is 0 Å². The molecule has 1 rings (SSSR count). The molecule has 0 amide bonds. The topological polar surface area (TPSA) is 31.0 Å². The fourth-order valence-electron chi connectivity index (χ4n) is 1.55. The molecule has 19 heavy (non-hydrogen) atoms. The molecule has 0 aromatic carbocycles. The molecule has 0 saturated carbocycles. The van der Waals surface area contributed by atoms with Crippen molar-refractivity contribution in [2.45, 2.75) is 6.92 Å². The van der Waals surface area contributed by atoms with Gasteiger partial charge in [0.1, 0.15) is 19.3 Å². The summed E-state index contributed by atoms with van der Waals surface area (Å²) in [4.78, 5) is 10.5. The second-order valence-electron chi connectivity index (χ2n) is 4.77. The minimum Gasteiger partial charge on any atom is -0.383 e. The SMILES string of the molecule is C=C1N=C(C)C=C1N=C(Cl)/C(C=[N+](C)C)=C/N(C)C. The summed E-state index contributed by atoms with van der Waals surface area (Å²) in [5, 5.41) is 0.416. The summed E-state index contributed by atoms with van der Waals surface area (Å²) in [6, 6.07) is 0. The van der Waals surface area contributed by atoms with Crippen LogP contribution in [-0.2, 0) is 0 Å². The van der Waals surface area contributed by atoms with Gasteiger partial charge in [-0.3, -0.25) is 4.99 Å². The first kappa shape index (κ1) is 15.4. The third kappa shape index (κ3) is 4.83. The zero-order valence-corrected chi connectivity index (χ0v) is 12.9. The molecule has 102 valence electrons. The lowest BCUT2D eigenvalue weighted by Gasteiger charge is -2.06. The van der Waals surface area contributed by atoms with Gasteiger partial charge in [-0.25, -0.2) is 9.57 Å². The Bertz CT molecular complexity index is 530. The van der Waals surface area contributed by atoms with Crippen molar-refractivity contribution in [1.29, 1.82) is 0 Å². The Kier molecular flexibility index (Phi) is 5.24. The van der Waals surface area contributed by atoms with Crippen LogP contribution in [-0.4, -0.2) is 54.8 Å². The Morgan fingerprint density at radius 2 is 2.11 bits per heavy atom. The summed E-state index contributed by atoms with van der Waals surface area (Å²) in [5.74, 6) is 0. The minimum atomic E-state index is 0.416. The number of aliphatic imine (C=N–C) groups is 2. The first-order valence-corrected chi connectivity index (χ1v) is 6.27. The summed E-state index contributed by atoms with van der Waals surface area (Å²) < 4.78 is 1.92. The predicted molar refractivity (Wildman–Crippen MR) is 83.6 cm³/mol. The van der Waals surface area contributed by atoms with Crippen LogP contribution in [0, 0.1) is 0 Å². The van der Waals surface area contributed by atoms with Crippen LogP contribution in [0.15, 0.2) is 45.8 Å². The van der Waals surface area contributed by atoms with Crippen molar-refractivity contribution in [3.8, 4) is 0 Å². The number of hydrogen-bond acceptors (Lipinski definition) is 3. The molecule has 0 saturated heterocycles. The minimum absolute atomic E-state index is 0.416. The second kappa shape index (κ2) is 6.48. The maximum atomic E-state index is 6.29. The van der Waals surface area contributed by atoms with E-state index >= 15 is 0 Å². The maximum Gasteiger partial charge on any atom is 0.174 e. The Labute approximate surface area is 119 Å². The van der Waals surface area contributed by atoms with Gasteiger partial charge in [-0.15, -0.1) is 0 Å². The molecule has 4 nitrogen and oxygen atoms in total. The first-order valence-electron chi connectivity index (χ1n) is 5.90. The van der Waals surface area contributed by atoms with Crippen molar-refractivity contribution in [2.75, 3.05) is 28.2 Å². The van der Waals surface area contributed by atoms with Crippen molar-refractivity contribution in [2.24, 2.45) is 9.98 Å². The van der Waals surface area contributed by atoms with E-state index < -0.39 is 0 Å². The smallest absolute Gasteiger partial charge is 0.174 e. The van der Waals surface area contributed by atoms with Gasteiger partial charge in [0.15, 0.2) is 6.21 Å². The van der Waals surface area contributed by atoms with Gasteiger partial charge in [-0.05, 0) is 13.0 Å². The molecular formula is C14H20ClN4+. The molecule has 1 heterocycles. The van der Waals surface area contributed by atoms with E-state index in [0.29, 0.717) is 16.6 Å². The number of nitrogens with zero attached hydrogens (tertiary/aromatic N) is 4. The van der Waals surface area contributed by atoms with Crippen LogP contribution >= 0.6 is 11.6 Å². The molecule has 1 aliphatic heterocycles. The molecule has 1 aliphatic rings. The van der Waals surface area contributed by atoms with Gasteiger partial charge >= 0.3 is 0 Å². The summed E-state index contributed by atoms with van der Waals surface area (Å²) in [7, 11) is 7.76. The van der Waals surface area contributed by atoms with Gasteiger partial charge in [-0.1, -0.05) is 18.2 Å². The molecule has 5 heteroatoms. The maximum absolute atomic E-state index is 6.29. The van der Waals surface area contributed by atoms with Crippen LogP contribution < -0.4 is 0 Å². The summed E-state index contributed by atoms with van der Waals surface area (Å²) in [5.41, 5.74) is 3.07. The van der Waals surface area contributed by atoms with Crippen molar-refractivity contribution in [1.82, 2.24) is 4.90 Å². The molecule has 0 N–H and O–H groups in total. The highest BCUT2D eigenvalue weighted by atomic mass is 35.5. The van der Waals surface area contributed by atoms with Crippen LogP contribution in [0.2, 0.25) is 0 Å². The molecule has 0 unspecified atom stereocenters. The van der Waals surface area contributed by atoms with E-state index in [2.05, 4.69) is 16.6 Å². The van der Waals surface area contributed by atoms with Crippen molar-refractivity contribution >= 4 is 28.7 Å². The predicted octanol–water partition coefficient (Wildman–Crippen LogP) is 2.28. The summed E-state index contributed by atoms with van der Waals surface area (Å²) >= 11 is 6.29. The van der Waals surface area contributed by atoms with E-state index in [1.807, 2.05) is 63.1 Å². The third-order valence-electron chi connectivity index (χ3n) is 2.20. The van der Waals surface area contributed by atoms with Gasteiger partial charge in [0.05, 0.1) is 17.0 Å². The highest BCUT2D eigenvalue weighted by Gasteiger charge is 2.12. The lowest BCUT2D eigenvalue weighted by molar-refractivity contribution is -0.458. The Hall–Kier alpha value is -1.68. The fraction of sp³-hybridized carbons (Fsp3) is 0.357. The average molecular weight is 280 g/mol. The number of hydrogen-bond donors (Lipinski definition) is 0. The highest BCUT2D eigenvalue weighted by Crippen LogP contribution is 2.20. The van der Waals surface area contributed by atoms with Crippen LogP contribution in [0.1, 0.15) is 6.92 Å². The molecule has 0 aromatic heterocycles. The Morgan fingerprint density at radius 3 is 2.53 bits per heavy atom. The van der Waals surface area contributed by atoms with E-state index in [4.69, 9.17) is 11.6 Å². The molecule has 0 spiro atoms. The molecule has 0 bridgehead atoms. The molecule has 0 aromatic rings. The van der Waals surface area contributed by atoms with Gasteiger partial charge in [0, 0.05) is 26.0 Å². The van der Waals surface area contributed by atoms with Crippen LogP contribution in [0.3, 0.4) is 0 Å². The monoisotopic (exact) mass is 279 g/mol. The first-order chi connectivity index (χ1) is 8.79. The lowest BCUT2D eigenvalue weighted by Crippen LogP contribution is -2.11.